The summed E-state index contributed by atoms with van der Waals surface area (Å²) in [7, 11) is 0. The minimum absolute atomic E-state index is 0.0629. The van der Waals surface area contributed by atoms with Crippen LogP contribution in [0.15, 0.2) is 17.2 Å². The predicted octanol–water partition coefficient (Wildman–Crippen LogP) is 1.54. The van der Waals surface area contributed by atoms with Crippen LogP contribution in [0.1, 0.15) is 44.4 Å². The van der Waals surface area contributed by atoms with Crippen LogP contribution in [0.5, 0.6) is 0 Å². The summed E-state index contributed by atoms with van der Waals surface area (Å²) in [6.07, 6.45) is 8.43. The molecule has 2 heterocycles. The lowest BCUT2D eigenvalue weighted by atomic mass is 9.97. The summed E-state index contributed by atoms with van der Waals surface area (Å²) in [6, 6.07) is 0. The Hall–Kier alpha value is -2.11. The van der Waals surface area contributed by atoms with E-state index in [1.54, 1.807) is 16.9 Å². The summed E-state index contributed by atoms with van der Waals surface area (Å²) < 4.78 is 3.15. The number of fused-ring (bicyclic) bond motifs is 3. The molecule has 0 saturated carbocycles. The highest BCUT2D eigenvalue weighted by Gasteiger charge is 2.19. The first kappa shape index (κ1) is 15.8. The van der Waals surface area contributed by atoms with E-state index in [4.69, 9.17) is 0 Å². The molecule has 23 heavy (non-hydrogen) atoms. The zero-order valence-electron chi connectivity index (χ0n) is 13.8. The first-order chi connectivity index (χ1) is 11.1. The molecule has 1 N–H and O–H groups in total. The lowest BCUT2D eigenvalue weighted by Crippen LogP contribution is -2.33. The Balaban J connectivity index is 1.80. The van der Waals surface area contributed by atoms with Gasteiger partial charge in [0.2, 0.25) is 5.91 Å². The van der Waals surface area contributed by atoms with Crippen LogP contribution in [-0.2, 0) is 24.2 Å². The molecule has 0 aromatic carbocycles. The van der Waals surface area contributed by atoms with E-state index in [0.29, 0.717) is 18.0 Å². The van der Waals surface area contributed by atoms with Gasteiger partial charge in [-0.25, -0.2) is 4.52 Å². The van der Waals surface area contributed by atoms with Crippen molar-refractivity contribution in [3.8, 4) is 0 Å². The molecule has 0 spiro atoms. The molecule has 0 unspecified atom stereocenters. The molecule has 1 aliphatic carbocycles. The van der Waals surface area contributed by atoms with Gasteiger partial charge in [-0.05, 0) is 38.0 Å². The zero-order chi connectivity index (χ0) is 16.4. The van der Waals surface area contributed by atoms with Crippen molar-refractivity contribution in [3.63, 3.8) is 0 Å². The third kappa shape index (κ3) is 3.30. The molecular formula is C17H24N4O2. The Morgan fingerprint density at radius 3 is 2.87 bits per heavy atom. The van der Waals surface area contributed by atoms with Gasteiger partial charge in [0.15, 0.2) is 0 Å². The zero-order valence-corrected chi connectivity index (χ0v) is 13.8. The van der Waals surface area contributed by atoms with Gasteiger partial charge < -0.3 is 9.88 Å². The normalized spacial score (nSPS) is 14.2. The molecule has 3 rings (SSSR count). The highest BCUT2D eigenvalue weighted by atomic mass is 16.2. The summed E-state index contributed by atoms with van der Waals surface area (Å²) >= 11 is 0. The first-order valence-electron chi connectivity index (χ1n) is 8.42. The van der Waals surface area contributed by atoms with Gasteiger partial charge in [-0.15, -0.1) is 0 Å². The standard InChI is InChI=1S/C17H24N4O2/c1-12(2)7-8-18-15(22)11-20-9-10-21-16(17(20)23)13-5-3-4-6-14(13)19-21/h9-10,12H,3-8,11H2,1-2H3,(H,18,22). The van der Waals surface area contributed by atoms with Crippen LogP contribution in [0.25, 0.3) is 5.52 Å². The number of carbonyl (C=O) groups excluding carboxylic acids is 1. The molecule has 0 aliphatic heterocycles. The van der Waals surface area contributed by atoms with Crippen molar-refractivity contribution in [3.05, 3.63) is 34.0 Å². The van der Waals surface area contributed by atoms with E-state index < -0.39 is 0 Å². The van der Waals surface area contributed by atoms with Gasteiger partial charge in [-0.2, -0.15) is 5.10 Å². The van der Waals surface area contributed by atoms with Gasteiger partial charge in [0.1, 0.15) is 12.1 Å². The van der Waals surface area contributed by atoms with E-state index in [-0.39, 0.29) is 18.0 Å². The molecule has 2 aromatic rings. The van der Waals surface area contributed by atoms with E-state index in [2.05, 4.69) is 24.3 Å². The van der Waals surface area contributed by atoms with Crippen LogP contribution in [0, 0.1) is 5.92 Å². The number of aromatic nitrogens is 3. The van der Waals surface area contributed by atoms with Gasteiger partial charge in [-0.1, -0.05) is 13.8 Å². The number of hydrogen-bond acceptors (Lipinski definition) is 3. The predicted molar refractivity (Wildman–Crippen MR) is 88.6 cm³/mol. The largest absolute Gasteiger partial charge is 0.355 e. The van der Waals surface area contributed by atoms with Crippen molar-refractivity contribution < 1.29 is 4.79 Å². The van der Waals surface area contributed by atoms with Crippen molar-refractivity contribution in [1.82, 2.24) is 19.5 Å². The molecular weight excluding hydrogens is 292 g/mol. The smallest absolute Gasteiger partial charge is 0.277 e. The van der Waals surface area contributed by atoms with E-state index in [1.165, 1.54) is 4.57 Å². The summed E-state index contributed by atoms with van der Waals surface area (Å²) in [4.78, 5) is 24.7. The fourth-order valence-corrected chi connectivity index (χ4v) is 3.09. The average molecular weight is 316 g/mol. The summed E-state index contributed by atoms with van der Waals surface area (Å²) in [6.45, 7) is 4.95. The Labute approximate surface area is 135 Å². The van der Waals surface area contributed by atoms with Gasteiger partial charge in [0, 0.05) is 24.5 Å². The fourth-order valence-electron chi connectivity index (χ4n) is 3.09. The molecule has 0 fully saturated rings. The highest BCUT2D eigenvalue weighted by Crippen LogP contribution is 2.22. The molecule has 6 nitrogen and oxygen atoms in total. The molecule has 0 atom stereocenters. The van der Waals surface area contributed by atoms with Crippen LogP contribution in [-0.4, -0.2) is 26.6 Å². The van der Waals surface area contributed by atoms with Crippen LogP contribution >= 0.6 is 0 Å². The maximum absolute atomic E-state index is 12.7. The summed E-state index contributed by atoms with van der Waals surface area (Å²) in [5, 5.41) is 7.38. The maximum atomic E-state index is 12.7. The number of nitrogens with zero attached hydrogens (tertiary/aromatic N) is 3. The summed E-state index contributed by atoms with van der Waals surface area (Å²) in [5.74, 6) is 0.429. The van der Waals surface area contributed by atoms with E-state index >= 15 is 0 Å². The highest BCUT2D eigenvalue weighted by molar-refractivity contribution is 5.75. The van der Waals surface area contributed by atoms with Gasteiger partial charge in [0.25, 0.3) is 5.56 Å². The molecule has 1 amide bonds. The van der Waals surface area contributed by atoms with E-state index in [1.807, 2.05) is 0 Å². The number of aryl methyl sites for hydroxylation is 2. The SMILES string of the molecule is CC(C)CCNC(=O)Cn1ccn2nc3c(c2c1=O)CCCC3. The topological polar surface area (TPSA) is 68.4 Å². The fraction of sp³-hybridized carbons (Fsp3) is 0.588. The van der Waals surface area contributed by atoms with Gasteiger partial charge >= 0.3 is 0 Å². The molecule has 0 saturated heterocycles. The van der Waals surface area contributed by atoms with Crippen molar-refractivity contribution >= 4 is 11.4 Å². The maximum Gasteiger partial charge on any atom is 0.277 e. The number of carbonyl (C=O) groups is 1. The minimum Gasteiger partial charge on any atom is -0.355 e. The monoisotopic (exact) mass is 316 g/mol. The second kappa shape index (κ2) is 6.56. The molecule has 0 radical (unpaired) electrons. The van der Waals surface area contributed by atoms with Gasteiger partial charge in [-0.3, -0.25) is 9.59 Å². The third-order valence-corrected chi connectivity index (χ3v) is 4.39. The van der Waals surface area contributed by atoms with Crippen LogP contribution < -0.4 is 10.9 Å². The van der Waals surface area contributed by atoms with Crippen LogP contribution in [0.3, 0.4) is 0 Å². The van der Waals surface area contributed by atoms with E-state index in [0.717, 1.165) is 43.4 Å². The second-order valence-electron chi connectivity index (χ2n) is 6.69. The lowest BCUT2D eigenvalue weighted by molar-refractivity contribution is -0.121. The molecule has 6 heteroatoms. The second-order valence-corrected chi connectivity index (χ2v) is 6.69. The summed E-state index contributed by atoms with van der Waals surface area (Å²) in [5.41, 5.74) is 2.61. The lowest BCUT2D eigenvalue weighted by Gasteiger charge is -2.10. The van der Waals surface area contributed by atoms with Gasteiger partial charge in [0.05, 0.1) is 5.69 Å². The van der Waals surface area contributed by atoms with Crippen LogP contribution in [0.4, 0.5) is 0 Å². The third-order valence-electron chi connectivity index (χ3n) is 4.39. The van der Waals surface area contributed by atoms with Crippen molar-refractivity contribution in [2.75, 3.05) is 6.54 Å². The first-order valence-corrected chi connectivity index (χ1v) is 8.42. The molecule has 1 aliphatic rings. The Morgan fingerprint density at radius 1 is 1.30 bits per heavy atom. The Morgan fingerprint density at radius 2 is 2.09 bits per heavy atom. The van der Waals surface area contributed by atoms with Crippen molar-refractivity contribution in [2.24, 2.45) is 5.92 Å². The Bertz CT molecular complexity index is 773. The number of rotatable bonds is 5. The number of nitrogens with one attached hydrogen (secondary N) is 1. The van der Waals surface area contributed by atoms with Crippen molar-refractivity contribution in [1.29, 1.82) is 0 Å². The number of amides is 1. The van der Waals surface area contributed by atoms with E-state index in [9.17, 15) is 9.59 Å². The Kier molecular flexibility index (Phi) is 4.50. The molecule has 124 valence electrons. The number of hydrogen-bond donors (Lipinski definition) is 1. The van der Waals surface area contributed by atoms with Crippen molar-refractivity contribution in [2.45, 2.75) is 52.5 Å². The quantitative estimate of drug-likeness (QED) is 0.910. The minimum atomic E-state index is -0.123. The molecule has 2 aromatic heterocycles. The van der Waals surface area contributed by atoms with Crippen LogP contribution in [0.2, 0.25) is 0 Å². The average Bonchev–Trinajstić information content (AvgIpc) is 2.89. The molecule has 0 bridgehead atoms.